The van der Waals surface area contributed by atoms with Crippen molar-refractivity contribution in [3.05, 3.63) is 0 Å². The minimum atomic E-state index is -0.0695. The molecule has 0 saturated carbocycles. The predicted octanol–water partition coefficient (Wildman–Crippen LogP) is 2.26. The number of carbonyl (C=O) groups is 1. The second-order valence-corrected chi connectivity index (χ2v) is 5.44. The monoisotopic (exact) mass is 253 g/mol. The molecule has 0 aliphatic heterocycles. The Kier molecular flexibility index (Phi) is 7.61. The summed E-state index contributed by atoms with van der Waals surface area (Å²) in [7, 11) is 0. The minimum absolute atomic E-state index is 0.0263. The fraction of sp³-hybridized carbons (Fsp3) is 0.857. The third kappa shape index (κ3) is 5.50. The fourth-order valence-corrected chi connectivity index (χ4v) is 2.18. The molecule has 4 nitrogen and oxygen atoms in total. The van der Waals surface area contributed by atoms with Crippen molar-refractivity contribution in [2.45, 2.75) is 66.1 Å². The van der Waals surface area contributed by atoms with E-state index in [4.69, 9.17) is 5.26 Å². The summed E-state index contributed by atoms with van der Waals surface area (Å²) in [4.78, 5) is 16.0. The van der Waals surface area contributed by atoms with Crippen LogP contribution >= 0.6 is 0 Å². The Morgan fingerprint density at radius 3 is 1.83 bits per heavy atom. The topological polar surface area (TPSA) is 47.3 Å². The molecular weight excluding hydrogens is 226 g/mol. The molecule has 0 atom stereocenters. The van der Waals surface area contributed by atoms with Crippen LogP contribution in [0.1, 0.15) is 48.0 Å². The van der Waals surface area contributed by atoms with Crippen LogP contribution < -0.4 is 0 Å². The van der Waals surface area contributed by atoms with Gasteiger partial charge < -0.3 is 4.90 Å². The standard InChI is InChI=1S/C14H27N3O/c1-11(2)16(12(3)4)9-10-17(13(5)6)14(18)7-8-15/h11-13H,7,9-10H2,1-6H3. The molecule has 0 unspecified atom stereocenters. The molecule has 0 bridgehead atoms. The average molecular weight is 253 g/mol. The Morgan fingerprint density at radius 1 is 1.00 bits per heavy atom. The molecular formula is C14H27N3O. The van der Waals surface area contributed by atoms with Crippen molar-refractivity contribution in [3.63, 3.8) is 0 Å². The van der Waals surface area contributed by atoms with Crippen LogP contribution in [0.25, 0.3) is 0 Å². The van der Waals surface area contributed by atoms with E-state index >= 15 is 0 Å². The highest BCUT2D eigenvalue weighted by molar-refractivity contribution is 5.78. The lowest BCUT2D eigenvalue weighted by Gasteiger charge is -2.34. The van der Waals surface area contributed by atoms with Crippen molar-refractivity contribution in [2.24, 2.45) is 0 Å². The molecule has 1 amide bonds. The van der Waals surface area contributed by atoms with Gasteiger partial charge in [0.25, 0.3) is 0 Å². The number of hydrogen-bond acceptors (Lipinski definition) is 3. The summed E-state index contributed by atoms with van der Waals surface area (Å²) in [5.74, 6) is -0.0695. The summed E-state index contributed by atoms with van der Waals surface area (Å²) in [6.07, 6.45) is -0.0263. The Hall–Kier alpha value is -1.08. The van der Waals surface area contributed by atoms with Gasteiger partial charge in [0, 0.05) is 31.2 Å². The molecule has 104 valence electrons. The molecule has 0 rings (SSSR count). The van der Waals surface area contributed by atoms with Gasteiger partial charge in [0.1, 0.15) is 6.42 Å². The van der Waals surface area contributed by atoms with Crippen molar-refractivity contribution >= 4 is 5.91 Å². The first-order valence-corrected chi connectivity index (χ1v) is 6.73. The molecule has 0 saturated heterocycles. The second-order valence-electron chi connectivity index (χ2n) is 5.44. The molecule has 0 heterocycles. The van der Waals surface area contributed by atoms with Gasteiger partial charge in [0.05, 0.1) is 6.07 Å². The Bertz CT molecular complexity index is 284. The van der Waals surface area contributed by atoms with Crippen LogP contribution in [0.5, 0.6) is 0 Å². The zero-order chi connectivity index (χ0) is 14.3. The Morgan fingerprint density at radius 2 is 1.50 bits per heavy atom. The molecule has 0 aromatic carbocycles. The first-order chi connectivity index (χ1) is 8.31. The van der Waals surface area contributed by atoms with Crippen molar-refractivity contribution in [1.29, 1.82) is 5.26 Å². The van der Waals surface area contributed by atoms with Gasteiger partial charge in [-0.2, -0.15) is 5.26 Å². The highest BCUT2D eigenvalue weighted by Gasteiger charge is 2.19. The molecule has 0 aliphatic rings. The third-order valence-electron chi connectivity index (χ3n) is 3.10. The van der Waals surface area contributed by atoms with E-state index in [1.807, 2.05) is 19.9 Å². The van der Waals surface area contributed by atoms with E-state index in [0.717, 1.165) is 6.54 Å². The van der Waals surface area contributed by atoms with Crippen molar-refractivity contribution in [2.75, 3.05) is 13.1 Å². The fourth-order valence-electron chi connectivity index (χ4n) is 2.18. The van der Waals surface area contributed by atoms with Gasteiger partial charge in [-0.1, -0.05) is 0 Å². The van der Waals surface area contributed by atoms with Gasteiger partial charge in [-0.25, -0.2) is 0 Å². The van der Waals surface area contributed by atoms with Crippen molar-refractivity contribution in [1.82, 2.24) is 9.80 Å². The summed E-state index contributed by atoms with van der Waals surface area (Å²) in [6, 6.07) is 3.00. The number of nitriles is 1. The van der Waals surface area contributed by atoms with Crippen molar-refractivity contribution in [3.8, 4) is 6.07 Å². The normalized spacial score (nSPS) is 11.4. The molecule has 4 heteroatoms. The van der Waals surface area contributed by atoms with E-state index in [1.54, 1.807) is 4.90 Å². The lowest BCUT2D eigenvalue weighted by Crippen LogP contribution is -2.46. The molecule has 0 radical (unpaired) electrons. The molecule has 18 heavy (non-hydrogen) atoms. The number of nitrogens with zero attached hydrogens (tertiary/aromatic N) is 3. The van der Waals surface area contributed by atoms with Gasteiger partial charge in [0.15, 0.2) is 0 Å². The van der Waals surface area contributed by atoms with E-state index in [9.17, 15) is 4.79 Å². The van der Waals surface area contributed by atoms with Gasteiger partial charge in [0.2, 0.25) is 5.91 Å². The molecule has 0 fully saturated rings. The maximum atomic E-state index is 11.8. The lowest BCUT2D eigenvalue weighted by molar-refractivity contribution is -0.132. The van der Waals surface area contributed by atoms with Crippen LogP contribution in [0, 0.1) is 11.3 Å². The molecule has 0 aromatic rings. The number of carbonyl (C=O) groups excluding carboxylic acids is 1. The maximum Gasteiger partial charge on any atom is 0.237 e. The van der Waals surface area contributed by atoms with Crippen LogP contribution in [0.3, 0.4) is 0 Å². The van der Waals surface area contributed by atoms with E-state index in [2.05, 4.69) is 32.6 Å². The lowest BCUT2D eigenvalue weighted by atomic mass is 10.2. The van der Waals surface area contributed by atoms with Crippen LogP contribution in [0.2, 0.25) is 0 Å². The summed E-state index contributed by atoms with van der Waals surface area (Å²) < 4.78 is 0. The van der Waals surface area contributed by atoms with Crippen LogP contribution in [-0.4, -0.2) is 46.9 Å². The highest BCUT2D eigenvalue weighted by Crippen LogP contribution is 2.07. The first kappa shape index (κ1) is 16.9. The zero-order valence-electron chi connectivity index (χ0n) is 12.6. The van der Waals surface area contributed by atoms with E-state index in [0.29, 0.717) is 18.6 Å². The molecule has 0 aliphatic carbocycles. The smallest absolute Gasteiger partial charge is 0.237 e. The number of amides is 1. The average Bonchev–Trinajstić information content (AvgIpc) is 2.22. The number of rotatable bonds is 7. The Labute approximate surface area is 112 Å². The largest absolute Gasteiger partial charge is 0.338 e. The zero-order valence-corrected chi connectivity index (χ0v) is 12.6. The summed E-state index contributed by atoms with van der Waals surface area (Å²) >= 11 is 0. The van der Waals surface area contributed by atoms with Gasteiger partial charge in [-0.15, -0.1) is 0 Å². The SMILES string of the molecule is CC(C)N(CCN(C(C)C)C(C)C)C(=O)CC#N. The number of hydrogen-bond donors (Lipinski definition) is 0. The molecule has 0 aromatic heterocycles. The molecule has 0 spiro atoms. The summed E-state index contributed by atoms with van der Waals surface area (Å²) in [5, 5.41) is 8.61. The van der Waals surface area contributed by atoms with E-state index in [1.165, 1.54) is 0 Å². The maximum absolute atomic E-state index is 11.8. The first-order valence-electron chi connectivity index (χ1n) is 6.73. The molecule has 0 N–H and O–H groups in total. The summed E-state index contributed by atoms with van der Waals surface area (Å²) in [6.45, 7) is 14.2. The van der Waals surface area contributed by atoms with Gasteiger partial charge in [-0.3, -0.25) is 9.69 Å². The van der Waals surface area contributed by atoms with Crippen LogP contribution in [-0.2, 0) is 4.79 Å². The van der Waals surface area contributed by atoms with Gasteiger partial charge in [-0.05, 0) is 41.5 Å². The minimum Gasteiger partial charge on any atom is -0.338 e. The quantitative estimate of drug-likeness (QED) is 0.699. The predicted molar refractivity (Wildman–Crippen MR) is 74.1 cm³/mol. The van der Waals surface area contributed by atoms with Gasteiger partial charge >= 0.3 is 0 Å². The van der Waals surface area contributed by atoms with Crippen LogP contribution in [0.4, 0.5) is 0 Å². The summed E-state index contributed by atoms with van der Waals surface area (Å²) in [5.41, 5.74) is 0. The second kappa shape index (κ2) is 8.10. The highest BCUT2D eigenvalue weighted by atomic mass is 16.2. The third-order valence-corrected chi connectivity index (χ3v) is 3.10. The van der Waals surface area contributed by atoms with Crippen molar-refractivity contribution < 1.29 is 4.79 Å². The van der Waals surface area contributed by atoms with E-state index in [-0.39, 0.29) is 18.4 Å². The Balaban J connectivity index is 4.52. The van der Waals surface area contributed by atoms with E-state index < -0.39 is 0 Å². The van der Waals surface area contributed by atoms with Crippen LogP contribution in [0.15, 0.2) is 0 Å².